The van der Waals surface area contributed by atoms with Gasteiger partial charge in [0.25, 0.3) is 0 Å². The van der Waals surface area contributed by atoms with Crippen molar-refractivity contribution in [2.24, 2.45) is 0 Å². The molecule has 0 N–H and O–H groups in total. The molecule has 0 saturated carbocycles. The van der Waals surface area contributed by atoms with Crippen LogP contribution < -0.4 is 28.9 Å². The van der Waals surface area contributed by atoms with Crippen molar-refractivity contribution < 1.29 is 33.1 Å². The Morgan fingerprint density at radius 1 is 1.13 bits per heavy atom. The van der Waals surface area contributed by atoms with E-state index in [2.05, 4.69) is 0 Å². The van der Waals surface area contributed by atoms with Crippen LogP contribution in [0.25, 0.3) is 0 Å². The minimum atomic E-state index is -0.00356. The number of methoxy groups -OCH3 is 1. The summed E-state index contributed by atoms with van der Waals surface area (Å²) < 4.78 is 10.4. The zero-order chi connectivity index (χ0) is 15.9. The average molecular weight is 343 g/mol. The summed E-state index contributed by atoms with van der Waals surface area (Å²) in [7, 11) is 2.23. The van der Waals surface area contributed by atoms with Gasteiger partial charge in [0, 0.05) is 23.2 Å². The minimum absolute atomic E-state index is 0. The molecule has 23 heavy (non-hydrogen) atoms. The Hall–Kier alpha value is -0.813. The summed E-state index contributed by atoms with van der Waals surface area (Å²) in [6.45, 7) is 2.94. The molecule has 0 saturated heterocycles. The number of carbonyl (C=O) groups is 1. The van der Waals surface area contributed by atoms with Gasteiger partial charge in [-0.3, -0.25) is 0 Å². The normalized spacial score (nSPS) is 10.6. The fraction of sp³-hybridized carbons (Fsp3) is 0.235. The van der Waals surface area contributed by atoms with Gasteiger partial charge in [0.05, 0.1) is 6.61 Å². The number of halogens is 1. The molecule has 0 amide bonds. The summed E-state index contributed by atoms with van der Waals surface area (Å²) in [5, 5.41) is 1.40. The van der Waals surface area contributed by atoms with Crippen LogP contribution in [0.3, 0.4) is 0 Å². The summed E-state index contributed by atoms with van der Waals surface area (Å²) in [6.07, 6.45) is 0. The minimum Gasteiger partial charge on any atom is -0.491 e. The van der Waals surface area contributed by atoms with E-state index in [1.165, 1.54) is 0 Å². The molecule has 116 valence electrons. The Kier molecular flexibility index (Phi) is 8.92. The molecule has 0 spiro atoms. The van der Waals surface area contributed by atoms with E-state index in [4.69, 9.17) is 21.1 Å². The van der Waals surface area contributed by atoms with Crippen molar-refractivity contribution in [3.05, 3.63) is 58.6 Å². The fourth-order valence-corrected chi connectivity index (χ4v) is 3.25. The van der Waals surface area contributed by atoms with Crippen molar-refractivity contribution in [1.29, 1.82) is 0 Å². The van der Waals surface area contributed by atoms with E-state index < -0.39 is 0 Å². The molecule has 2 aromatic rings. The largest absolute Gasteiger partial charge is 1.00 e. The van der Waals surface area contributed by atoms with E-state index in [9.17, 15) is 4.79 Å². The number of hydrogen-bond donors (Lipinski definition) is 0. The number of hydrogen-bond acceptors (Lipinski definition) is 3. The summed E-state index contributed by atoms with van der Waals surface area (Å²) in [5.74, 6) is 0.761. The van der Waals surface area contributed by atoms with Gasteiger partial charge >= 0.3 is 18.9 Å². The van der Waals surface area contributed by atoms with Gasteiger partial charge in [-0.2, -0.15) is 5.30 Å². The van der Waals surface area contributed by atoms with Crippen LogP contribution in [0.4, 0.5) is 0 Å². The maximum atomic E-state index is 12.4. The molecule has 3 nitrogen and oxygen atoms in total. The van der Waals surface area contributed by atoms with Crippen LogP contribution in [0.15, 0.2) is 42.5 Å². The summed E-state index contributed by atoms with van der Waals surface area (Å²) in [4.78, 5) is 12.4. The van der Waals surface area contributed by atoms with Crippen molar-refractivity contribution in [1.82, 2.24) is 0 Å². The smallest absolute Gasteiger partial charge is 0.491 e. The second-order valence-corrected chi connectivity index (χ2v) is 6.24. The van der Waals surface area contributed by atoms with Gasteiger partial charge in [0.2, 0.25) is 0 Å². The van der Waals surface area contributed by atoms with Gasteiger partial charge in [-0.25, -0.2) is 0 Å². The predicted octanol–water partition coefficient (Wildman–Crippen LogP) is 1.09. The van der Waals surface area contributed by atoms with Gasteiger partial charge in [-0.05, 0) is 30.7 Å². The summed E-state index contributed by atoms with van der Waals surface area (Å²) in [5.41, 5.74) is 1.48. The Morgan fingerprint density at radius 3 is 2.43 bits per heavy atom. The van der Waals surface area contributed by atoms with Crippen molar-refractivity contribution >= 4 is 31.0 Å². The molecule has 0 aliphatic heterocycles. The average Bonchev–Trinajstić information content (AvgIpc) is 2.49. The van der Waals surface area contributed by atoms with Crippen LogP contribution in [0.2, 0.25) is 5.02 Å². The number of carbonyl (C=O) groups excluding carboxylic acids is 1. The third-order valence-electron chi connectivity index (χ3n) is 3.06. The topological polar surface area (TPSA) is 35.5 Å². The van der Waals surface area contributed by atoms with E-state index in [-0.39, 0.29) is 24.4 Å². The van der Waals surface area contributed by atoms with E-state index in [1.54, 1.807) is 13.2 Å². The summed E-state index contributed by atoms with van der Waals surface area (Å²) >= 11 is 6.13. The number of benzene rings is 2. The first-order valence-corrected chi connectivity index (χ1v) is 8.12. The Morgan fingerprint density at radius 2 is 1.83 bits per heavy atom. The molecule has 0 heterocycles. The van der Waals surface area contributed by atoms with Crippen molar-refractivity contribution in [2.75, 3.05) is 20.3 Å². The molecule has 0 aliphatic carbocycles. The van der Waals surface area contributed by atoms with Gasteiger partial charge < -0.3 is 22.8 Å². The quantitative estimate of drug-likeness (QED) is 0.429. The second-order valence-electron chi connectivity index (χ2n) is 4.68. The fourth-order valence-electron chi connectivity index (χ4n) is 1.94. The number of aryl methyl sites for hydroxylation is 1. The van der Waals surface area contributed by atoms with Gasteiger partial charge in [0.1, 0.15) is 12.4 Å². The molecular formula is C17H17ClLiO3P. The van der Waals surface area contributed by atoms with E-state index in [0.29, 0.717) is 32.4 Å². The third kappa shape index (κ3) is 5.96. The van der Waals surface area contributed by atoms with E-state index in [1.807, 2.05) is 43.3 Å². The van der Waals surface area contributed by atoms with Crippen LogP contribution in [-0.4, -0.2) is 25.8 Å². The molecule has 0 aliphatic rings. The molecule has 2 rings (SSSR count). The first kappa shape index (κ1) is 20.2. The molecule has 0 unspecified atom stereocenters. The molecule has 0 bridgehead atoms. The van der Waals surface area contributed by atoms with Gasteiger partial charge in [-0.1, -0.05) is 35.9 Å². The van der Waals surface area contributed by atoms with Gasteiger partial charge in [-0.15, -0.1) is 0 Å². The molecule has 0 atom stereocenters. The van der Waals surface area contributed by atoms with Gasteiger partial charge in [0.15, 0.2) is 0 Å². The maximum Gasteiger partial charge on any atom is 1.00 e. The van der Waals surface area contributed by atoms with Crippen LogP contribution in [0.5, 0.6) is 5.75 Å². The maximum absolute atomic E-state index is 12.4. The molecule has 2 aromatic carbocycles. The monoisotopic (exact) mass is 342 g/mol. The zero-order valence-corrected chi connectivity index (χ0v) is 15.2. The van der Waals surface area contributed by atoms with E-state index >= 15 is 0 Å². The number of ether oxygens (including phenoxy) is 2. The predicted molar refractivity (Wildman–Crippen MR) is 90.9 cm³/mol. The molecule has 0 radical (unpaired) electrons. The Bertz CT molecular complexity index is 627. The van der Waals surface area contributed by atoms with Crippen molar-refractivity contribution in [3.8, 4) is 5.75 Å². The van der Waals surface area contributed by atoms with Crippen LogP contribution in [-0.2, 0) is 4.74 Å². The van der Waals surface area contributed by atoms with Crippen molar-refractivity contribution in [2.45, 2.75) is 6.92 Å². The second kappa shape index (κ2) is 10.1. The molecule has 6 heteroatoms. The third-order valence-corrected chi connectivity index (χ3v) is 4.36. The molecule has 0 fully saturated rings. The molecular weight excluding hydrogens is 326 g/mol. The Labute approximate surface area is 155 Å². The van der Waals surface area contributed by atoms with Crippen LogP contribution in [0.1, 0.15) is 15.9 Å². The Balaban J connectivity index is 0.00000264. The number of rotatable bonds is 7. The van der Waals surface area contributed by atoms with Crippen LogP contribution in [0, 0.1) is 6.92 Å². The first-order valence-electron chi connectivity index (χ1n) is 6.85. The van der Waals surface area contributed by atoms with E-state index in [0.717, 1.165) is 16.6 Å². The molecule has 0 aromatic heterocycles. The van der Waals surface area contributed by atoms with Crippen LogP contribution >= 0.6 is 20.2 Å². The van der Waals surface area contributed by atoms with Crippen molar-refractivity contribution in [3.63, 3.8) is 0 Å². The standard InChI is InChI=1S/C17H17ClO3P.Li/c1-12-4-3-5-15(18)16(12)17(19)22-14-8-6-13(7-9-14)21-11-10-20-2;/h3-9H,10-11H2,1-2H3;/q-1;+1. The first-order chi connectivity index (χ1) is 10.6. The SMILES string of the molecule is COCCOc1ccc([P-]C(=O)c2c(C)cccc2Cl)cc1.[Li+]. The zero-order valence-electron chi connectivity index (χ0n) is 13.5. The summed E-state index contributed by atoms with van der Waals surface area (Å²) in [6, 6.07) is 12.9.